The van der Waals surface area contributed by atoms with Gasteiger partial charge in [0.1, 0.15) is 0 Å². The molecule has 6 rings (SSSR count). The summed E-state index contributed by atoms with van der Waals surface area (Å²) in [5, 5.41) is 5.47. The summed E-state index contributed by atoms with van der Waals surface area (Å²) in [7, 11) is 11.0. The summed E-state index contributed by atoms with van der Waals surface area (Å²) in [6, 6.07) is 40.7. The van der Waals surface area contributed by atoms with Crippen LogP contribution < -0.4 is 0 Å². The van der Waals surface area contributed by atoms with Crippen molar-refractivity contribution in [1.82, 2.24) is 0 Å². The zero-order valence-corrected chi connectivity index (χ0v) is 36.2. The fourth-order valence-electron chi connectivity index (χ4n) is 5.98. The minimum absolute atomic E-state index is 0.209. The van der Waals surface area contributed by atoms with E-state index in [1.807, 2.05) is 0 Å². The summed E-state index contributed by atoms with van der Waals surface area (Å²) < 4.78 is 0. The Bertz CT molecular complexity index is 1830. The predicted molar refractivity (Wildman–Crippen MR) is 220 cm³/mol. The van der Waals surface area contributed by atoms with Gasteiger partial charge in [-0.3, -0.25) is 0 Å². The van der Waals surface area contributed by atoms with Crippen LogP contribution in [0.3, 0.4) is 0 Å². The van der Waals surface area contributed by atoms with Gasteiger partial charge < -0.3 is 0 Å². The molecule has 0 saturated heterocycles. The molecule has 2 radical (unpaired) electrons. The van der Waals surface area contributed by atoms with Crippen LogP contribution in [0.25, 0.3) is 43.8 Å². The number of fused-ring (bicyclic) bond motifs is 2. The van der Waals surface area contributed by atoms with Crippen molar-refractivity contribution in [2.45, 2.75) is 98.6 Å². The van der Waals surface area contributed by atoms with Crippen molar-refractivity contribution >= 4 is 48.1 Å². The Morgan fingerprint density at radius 3 is 1.61 bits per heavy atom. The van der Waals surface area contributed by atoms with Gasteiger partial charge in [-0.05, 0) is 45.9 Å². The Hall–Kier alpha value is -2.22. The number of aryl methyl sites for hydroxylation is 1. The number of hydrogen-bond acceptors (Lipinski definition) is 0. The molecule has 0 nitrogen and oxygen atoms in total. The Morgan fingerprint density at radius 1 is 0.694 bits per heavy atom. The molecule has 49 heavy (non-hydrogen) atoms. The first-order valence-electron chi connectivity index (χ1n) is 17.6. The van der Waals surface area contributed by atoms with E-state index in [-0.39, 0.29) is 5.41 Å². The average Bonchev–Trinajstić information content (AvgIpc) is 3.73. The molecule has 0 bridgehead atoms. The van der Waals surface area contributed by atoms with Crippen molar-refractivity contribution in [2.75, 3.05) is 0 Å². The molecular weight excluding hydrogens is 731 g/mol. The summed E-state index contributed by atoms with van der Waals surface area (Å²) in [6.45, 7) is 22.3. The second-order valence-electron chi connectivity index (χ2n) is 14.1. The molecule has 256 valence electrons. The van der Waals surface area contributed by atoms with Crippen LogP contribution in [0.15, 0.2) is 109 Å². The van der Waals surface area contributed by atoms with E-state index in [0.29, 0.717) is 11.8 Å². The van der Waals surface area contributed by atoms with Crippen LogP contribution in [0.5, 0.6) is 0 Å². The number of halogens is 2. The normalized spacial score (nSPS) is 11.5. The van der Waals surface area contributed by atoms with Crippen molar-refractivity contribution in [3.63, 3.8) is 0 Å². The number of rotatable bonds is 6. The fraction of sp³-hybridized carbons (Fsp3) is 0.333. The van der Waals surface area contributed by atoms with Crippen LogP contribution in [0, 0.1) is 0 Å². The Kier molecular flexibility index (Phi) is 16.8. The molecule has 0 amide bonds. The van der Waals surface area contributed by atoms with Gasteiger partial charge in [0.25, 0.3) is 0 Å². The molecule has 0 saturated carbocycles. The molecule has 1 unspecified atom stereocenters. The second-order valence-corrected chi connectivity index (χ2v) is 18.8. The van der Waals surface area contributed by atoms with E-state index in [1.165, 1.54) is 72.5 Å². The van der Waals surface area contributed by atoms with E-state index in [1.54, 1.807) is 0 Å². The summed E-state index contributed by atoms with van der Waals surface area (Å²) in [5.74, 6) is 1.21. The van der Waals surface area contributed by atoms with Gasteiger partial charge in [-0.15, -0.1) is 69.1 Å². The first-order valence-corrected chi connectivity index (χ1v) is 25.9. The Morgan fingerprint density at radius 2 is 1.16 bits per heavy atom. The zero-order chi connectivity index (χ0) is 36.1. The van der Waals surface area contributed by atoms with Gasteiger partial charge in [-0.2, -0.15) is 12.1 Å². The molecular formula is C45H54Cl2SiZr. The molecule has 0 heterocycles. The van der Waals surface area contributed by atoms with Gasteiger partial charge >= 0.3 is 37.9 Å². The molecule has 6 aromatic carbocycles. The Balaban J connectivity index is 0.000000229. The number of hydrogen-bond donors (Lipinski definition) is 0. The quantitative estimate of drug-likeness (QED) is 0.117. The SMILES string of the molecule is CCC(C)c1cc2c(-c3ccc(C(C)C)cc3)cccc2[cH-]1.CCc1cc2c(-c3ccc(C(C)(C)C)cc3)cccc2[cH-]1.C[Si]C.[Cl][Zr+2][Cl]. The van der Waals surface area contributed by atoms with Crippen molar-refractivity contribution in [1.29, 1.82) is 0 Å². The van der Waals surface area contributed by atoms with E-state index in [0.717, 1.165) is 15.9 Å². The fourth-order valence-corrected chi connectivity index (χ4v) is 5.98. The molecule has 0 spiro atoms. The van der Waals surface area contributed by atoms with Crippen LogP contribution in [-0.4, -0.2) is 9.52 Å². The second kappa shape index (κ2) is 20.0. The van der Waals surface area contributed by atoms with Gasteiger partial charge in [0.05, 0.1) is 0 Å². The van der Waals surface area contributed by atoms with E-state index < -0.39 is 20.8 Å². The van der Waals surface area contributed by atoms with Crippen LogP contribution in [0.1, 0.15) is 95.9 Å². The maximum absolute atomic E-state index is 4.93. The van der Waals surface area contributed by atoms with Crippen LogP contribution in [0.2, 0.25) is 13.1 Å². The molecule has 0 aliphatic heterocycles. The molecule has 0 aromatic heterocycles. The van der Waals surface area contributed by atoms with Crippen LogP contribution >= 0.6 is 17.0 Å². The first kappa shape index (κ1) is 41.2. The van der Waals surface area contributed by atoms with Crippen LogP contribution in [-0.2, 0) is 32.7 Å². The van der Waals surface area contributed by atoms with Crippen molar-refractivity contribution < 1.29 is 20.8 Å². The topological polar surface area (TPSA) is 0 Å². The van der Waals surface area contributed by atoms with Gasteiger partial charge in [0.15, 0.2) is 0 Å². The monoisotopic (exact) mass is 782 g/mol. The van der Waals surface area contributed by atoms with Crippen molar-refractivity contribution in [3.8, 4) is 22.3 Å². The van der Waals surface area contributed by atoms with Gasteiger partial charge in [0.2, 0.25) is 0 Å². The molecule has 4 heteroatoms. The predicted octanol–water partition coefficient (Wildman–Crippen LogP) is 15.1. The van der Waals surface area contributed by atoms with Crippen molar-refractivity contribution in [2.24, 2.45) is 0 Å². The summed E-state index contributed by atoms with van der Waals surface area (Å²) in [6.07, 6.45) is 2.28. The Labute approximate surface area is 318 Å². The van der Waals surface area contributed by atoms with E-state index >= 15 is 0 Å². The third kappa shape index (κ3) is 11.4. The molecule has 6 aromatic rings. The van der Waals surface area contributed by atoms with Gasteiger partial charge in [-0.25, -0.2) is 0 Å². The molecule has 1 atom stereocenters. The maximum atomic E-state index is 4.93. The average molecular weight is 785 g/mol. The summed E-state index contributed by atoms with van der Waals surface area (Å²) in [4.78, 5) is 0. The molecule has 0 fully saturated rings. The third-order valence-electron chi connectivity index (χ3n) is 9.12. The van der Waals surface area contributed by atoms with E-state index in [4.69, 9.17) is 17.0 Å². The minimum atomic E-state index is -0.826. The molecule has 0 aliphatic rings. The summed E-state index contributed by atoms with van der Waals surface area (Å²) >= 11 is -0.826. The van der Waals surface area contributed by atoms with Crippen LogP contribution in [0.4, 0.5) is 0 Å². The molecule has 0 aliphatic carbocycles. The molecule has 0 N–H and O–H groups in total. The van der Waals surface area contributed by atoms with Gasteiger partial charge in [0, 0.05) is 9.52 Å². The third-order valence-corrected chi connectivity index (χ3v) is 9.12. The van der Waals surface area contributed by atoms with E-state index in [2.05, 4.69) is 178 Å². The standard InChI is InChI=1S/C22H25.C21H23.C2H6Si.2ClH.Zr/c1-5-16(4)20-13-19-7-6-8-21(22(19)14-20)18-11-9-17(10-12-18)15(2)3;1-5-15-13-17-7-6-8-19(20(17)14-15)16-9-11-18(12-10-16)21(2,3)4;1-3-2;;;/h6-16H,5H2,1-4H3;6-14H,5H2,1-4H3;1-2H3;2*1H;/q2*-1;;;;+4/p-2. The zero-order valence-electron chi connectivity index (χ0n) is 31.2. The van der Waals surface area contributed by atoms with Crippen molar-refractivity contribution in [3.05, 3.63) is 131 Å². The van der Waals surface area contributed by atoms with E-state index in [9.17, 15) is 0 Å². The van der Waals surface area contributed by atoms with Gasteiger partial charge in [-0.1, -0.05) is 147 Å². The number of benzene rings is 4. The first-order chi connectivity index (χ1) is 23.4. The summed E-state index contributed by atoms with van der Waals surface area (Å²) in [5.41, 5.74) is 11.2.